The summed E-state index contributed by atoms with van der Waals surface area (Å²) in [6.07, 6.45) is -6.19. The number of carboxylic acid groups (broad SMARTS) is 1. The number of nitro groups is 1. The summed E-state index contributed by atoms with van der Waals surface area (Å²) >= 11 is 0. The molecule has 36 heavy (non-hydrogen) atoms. The number of alkyl halides is 3. The van der Waals surface area contributed by atoms with Crippen molar-refractivity contribution in [1.82, 2.24) is 4.57 Å². The molecule has 0 unspecified atom stereocenters. The van der Waals surface area contributed by atoms with Crippen molar-refractivity contribution in [2.24, 2.45) is 0 Å². The summed E-state index contributed by atoms with van der Waals surface area (Å²) in [5.41, 5.74) is -1.61. The Morgan fingerprint density at radius 3 is 2.44 bits per heavy atom. The fraction of sp³-hybridized carbons (Fsp3) is 0.0833. The molecule has 9 nitrogen and oxygen atoms in total. The van der Waals surface area contributed by atoms with Crippen LogP contribution in [0.5, 0.6) is 5.75 Å². The number of nitrogens with zero attached hydrogens (tertiary/aromatic N) is 2. The van der Waals surface area contributed by atoms with Gasteiger partial charge >= 0.3 is 12.3 Å². The van der Waals surface area contributed by atoms with Crippen molar-refractivity contribution >= 4 is 34.3 Å². The monoisotopic (exact) mass is 499 g/mol. The Hall–Kier alpha value is -4.87. The quantitative estimate of drug-likeness (QED) is 0.256. The summed E-state index contributed by atoms with van der Waals surface area (Å²) in [4.78, 5) is 35.2. The lowest BCUT2D eigenvalue weighted by molar-refractivity contribution is -0.384. The van der Waals surface area contributed by atoms with E-state index in [0.29, 0.717) is 4.57 Å². The van der Waals surface area contributed by atoms with Gasteiger partial charge in [0.1, 0.15) is 11.4 Å². The van der Waals surface area contributed by atoms with Gasteiger partial charge < -0.3 is 15.2 Å². The molecule has 0 bridgehead atoms. The molecule has 0 aliphatic heterocycles. The van der Waals surface area contributed by atoms with E-state index in [1.165, 1.54) is 61.7 Å². The molecule has 1 heterocycles. The van der Waals surface area contributed by atoms with Crippen LogP contribution >= 0.6 is 0 Å². The Morgan fingerprint density at radius 1 is 1.06 bits per heavy atom. The largest absolute Gasteiger partial charge is 0.497 e. The molecule has 1 amide bonds. The van der Waals surface area contributed by atoms with Crippen LogP contribution in [0.15, 0.2) is 66.7 Å². The molecule has 1 aromatic heterocycles. The number of carbonyl (C=O) groups is 2. The molecular weight excluding hydrogens is 483 g/mol. The minimum absolute atomic E-state index is 0.0678. The Bertz CT molecular complexity index is 1530. The number of nitrogens with one attached hydrogen (secondary N) is 1. The number of amides is 1. The van der Waals surface area contributed by atoms with Crippen LogP contribution in [0.2, 0.25) is 0 Å². The number of hydrogen-bond donors (Lipinski definition) is 2. The van der Waals surface area contributed by atoms with Crippen LogP contribution in [0.4, 0.5) is 29.3 Å². The molecule has 0 aliphatic rings. The van der Waals surface area contributed by atoms with Crippen molar-refractivity contribution in [2.75, 3.05) is 12.4 Å². The third-order valence-corrected chi connectivity index (χ3v) is 5.39. The first-order valence-electron chi connectivity index (χ1n) is 10.2. The second kappa shape index (κ2) is 9.06. The summed E-state index contributed by atoms with van der Waals surface area (Å²) in [6.45, 7) is 0. The summed E-state index contributed by atoms with van der Waals surface area (Å²) in [5, 5.41) is 23.5. The van der Waals surface area contributed by atoms with E-state index in [2.05, 4.69) is 5.32 Å². The topological polar surface area (TPSA) is 124 Å². The Kier molecular flexibility index (Phi) is 6.10. The molecule has 0 saturated heterocycles. The van der Waals surface area contributed by atoms with E-state index >= 15 is 0 Å². The van der Waals surface area contributed by atoms with Gasteiger partial charge in [0.2, 0.25) is 0 Å². The third kappa shape index (κ3) is 4.56. The smallest absolute Gasteiger partial charge is 0.417 e. The third-order valence-electron chi connectivity index (χ3n) is 5.39. The minimum atomic E-state index is -4.65. The highest BCUT2D eigenvalue weighted by Crippen LogP contribution is 2.39. The summed E-state index contributed by atoms with van der Waals surface area (Å²) in [5.74, 6) is -0.678. The van der Waals surface area contributed by atoms with Gasteiger partial charge in [0, 0.05) is 23.2 Å². The van der Waals surface area contributed by atoms with E-state index in [1.807, 2.05) is 0 Å². The van der Waals surface area contributed by atoms with Gasteiger partial charge in [0.15, 0.2) is 0 Å². The van der Waals surface area contributed by atoms with Crippen molar-refractivity contribution in [3.63, 3.8) is 0 Å². The van der Waals surface area contributed by atoms with Gasteiger partial charge in [-0.15, -0.1) is 0 Å². The Labute approximate surface area is 200 Å². The van der Waals surface area contributed by atoms with Gasteiger partial charge in [-0.1, -0.05) is 12.1 Å². The second-order valence-electron chi connectivity index (χ2n) is 7.59. The van der Waals surface area contributed by atoms with Crippen LogP contribution in [-0.2, 0) is 6.18 Å². The van der Waals surface area contributed by atoms with Crippen LogP contribution in [-0.4, -0.2) is 33.7 Å². The SMILES string of the molecule is COc1ccc(C(F)(F)F)c(-c2cccc(NC(=O)c3cc4ccc([N+](=O)[O-])cc4n3C(=O)O)c2)c1. The molecule has 0 atom stereocenters. The lowest BCUT2D eigenvalue weighted by atomic mass is 9.98. The zero-order chi connectivity index (χ0) is 26.2. The fourth-order valence-electron chi connectivity index (χ4n) is 3.77. The number of ether oxygens (including phenoxy) is 1. The van der Waals surface area contributed by atoms with Gasteiger partial charge in [-0.25, -0.2) is 9.36 Å². The summed E-state index contributed by atoms with van der Waals surface area (Å²) in [6, 6.07) is 13.6. The minimum Gasteiger partial charge on any atom is -0.497 e. The molecule has 0 aliphatic carbocycles. The molecule has 2 N–H and O–H groups in total. The van der Waals surface area contributed by atoms with Gasteiger partial charge in [-0.2, -0.15) is 13.2 Å². The first-order valence-corrected chi connectivity index (χ1v) is 10.2. The second-order valence-corrected chi connectivity index (χ2v) is 7.59. The van der Waals surface area contributed by atoms with Gasteiger partial charge in [-0.05, 0) is 53.6 Å². The number of benzene rings is 3. The van der Waals surface area contributed by atoms with Gasteiger partial charge in [-0.3, -0.25) is 14.9 Å². The average Bonchev–Trinajstić information content (AvgIpc) is 3.22. The molecule has 0 saturated carbocycles. The van der Waals surface area contributed by atoms with Crippen molar-refractivity contribution in [1.29, 1.82) is 0 Å². The van der Waals surface area contributed by atoms with E-state index in [-0.39, 0.29) is 44.8 Å². The number of anilines is 1. The Morgan fingerprint density at radius 2 is 1.81 bits per heavy atom. The van der Waals surface area contributed by atoms with E-state index in [4.69, 9.17) is 4.74 Å². The van der Waals surface area contributed by atoms with Crippen LogP contribution in [0, 0.1) is 10.1 Å². The summed E-state index contributed by atoms with van der Waals surface area (Å²) in [7, 11) is 1.32. The first-order chi connectivity index (χ1) is 17.0. The lowest BCUT2D eigenvalue weighted by Crippen LogP contribution is -2.20. The van der Waals surface area contributed by atoms with E-state index in [0.717, 1.165) is 12.1 Å². The maximum atomic E-state index is 13.6. The molecule has 3 aromatic carbocycles. The van der Waals surface area contributed by atoms with Crippen molar-refractivity contribution in [3.8, 4) is 16.9 Å². The first kappa shape index (κ1) is 24.3. The molecule has 12 heteroatoms. The van der Waals surface area contributed by atoms with Gasteiger partial charge in [0.25, 0.3) is 11.6 Å². The number of hydrogen-bond acceptors (Lipinski definition) is 5. The number of halogens is 3. The molecule has 4 aromatic rings. The molecule has 184 valence electrons. The number of non-ortho nitro benzene ring substituents is 1. The van der Waals surface area contributed by atoms with Crippen LogP contribution in [0.1, 0.15) is 16.1 Å². The number of rotatable bonds is 5. The van der Waals surface area contributed by atoms with Crippen LogP contribution in [0.25, 0.3) is 22.0 Å². The van der Waals surface area contributed by atoms with Crippen molar-refractivity contribution < 1.29 is 37.5 Å². The predicted molar refractivity (Wildman–Crippen MR) is 123 cm³/mol. The fourth-order valence-corrected chi connectivity index (χ4v) is 3.77. The zero-order valence-corrected chi connectivity index (χ0v) is 18.4. The van der Waals surface area contributed by atoms with Crippen molar-refractivity contribution in [2.45, 2.75) is 6.18 Å². The van der Waals surface area contributed by atoms with E-state index in [9.17, 15) is 38.0 Å². The average molecular weight is 499 g/mol. The number of aromatic nitrogens is 1. The highest BCUT2D eigenvalue weighted by atomic mass is 19.4. The molecule has 0 radical (unpaired) electrons. The number of carbonyl (C=O) groups excluding carboxylic acids is 1. The van der Waals surface area contributed by atoms with E-state index in [1.54, 1.807) is 0 Å². The number of nitro benzene ring substituents is 1. The standard InChI is InChI=1S/C24H16F3N3O6/c1-36-17-7-8-19(24(25,26)27)18(12-17)13-3-2-4-15(9-13)28-22(31)21-10-14-5-6-16(30(34)35)11-20(14)29(21)23(32)33/h2-12H,1H3,(H,28,31)(H,32,33). The zero-order valence-electron chi connectivity index (χ0n) is 18.4. The van der Waals surface area contributed by atoms with Crippen LogP contribution in [0.3, 0.4) is 0 Å². The van der Waals surface area contributed by atoms with Gasteiger partial charge in [0.05, 0.1) is 23.1 Å². The van der Waals surface area contributed by atoms with E-state index < -0.39 is 28.7 Å². The number of methoxy groups -OCH3 is 1. The molecular formula is C24H16F3N3O6. The maximum Gasteiger partial charge on any atom is 0.417 e. The maximum absolute atomic E-state index is 13.6. The molecule has 4 rings (SSSR count). The van der Waals surface area contributed by atoms with Crippen LogP contribution < -0.4 is 10.1 Å². The molecule has 0 fully saturated rings. The highest BCUT2D eigenvalue weighted by molar-refractivity contribution is 6.09. The van der Waals surface area contributed by atoms with Crippen molar-refractivity contribution in [3.05, 3.63) is 88.1 Å². The lowest BCUT2D eigenvalue weighted by Gasteiger charge is -2.15. The highest BCUT2D eigenvalue weighted by Gasteiger charge is 2.34. The normalized spacial score (nSPS) is 11.3. The number of fused-ring (bicyclic) bond motifs is 1. The summed E-state index contributed by atoms with van der Waals surface area (Å²) < 4.78 is 46.4. The molecule has 0 spiro atoms. The Balaban J connectivity index is 1.74. The predicted octanol–water partition coefficient (Wildman–Crippen LogP) is 6.02.